The van der Waals surface area contributed by atoms with Crippen molar-refractivity contribution in [2.75, 3.05) is 6.54 Å². The Morgan fingerprint density at radius 3 is 3.07 bits per heavy atom. The molecule has 0 atom stereocenters. The molecule has 0 unspecified atom stereocenters. The van der Waals surface area contributed by atoms with E-state index >= 15 is 0 Å². The Labute approximate surface area is 81.5 Å². The highest BCUT2D eigenvalue weighted by atomic mass is 19.3. The molecule has 1 heterocycles. The molecule has 1 aromatic heterocycles. The highest BCUT2D eigenvalue weighted by Crippen LogP contribution is 2.11. The Balaban J connectivity index is 2.41. The number of aromatic nitrogens is 2. The van der Waals surface area contributed by atoms with Gasteiger partial charge in [0, 0.05) is 12.4 Å². The minimum absolute atomic E-state index is 0.351. The van der Waals surface area contributed by atoms with Crippen molar-refractivity contribution in [1.29, 1.82) is 0 Å². The molecule has 0 aromatic carbocycles. The van der Waals surface area contributed by atoms with Crippen LogP contribution in [0, 0.1) is 0 Å². The van der Waals surface area contributed by atoms with Crippen molar-refractivity contribution >= 4 is 0 Å². The van der Waals surface area contributed by atoms with E-state index in [1.54, 1.807) is 6.08 Å². The number of hydrogen-bond donors (Lipinski definition) is 1. The van der Waals surface area contributed by atoms with Gasteiger partial charge in [0.25, 0.3) is 0 Å². The quantitative estimate of drug-likeness (QED) is 0.563. The predicted molar refractivity (Wildman–Crippen MR) is 50.0 cm³/mol. The van der Waals surface area contributed by atoms with E-state index in [2.05, 4.69) is 16.9 Å². The standard InChI is InChI=1S/C9H13F2N3/c1-2-3-4-12-7-8-13-5-6-14(8)9(10)11/h2,5-6,9,12H,1,3-4,7H2. The van der Waals surface area contributed by atoms with Gasteiger partial charge < -0.3 is 5.32 Å². The smallest absolute Gasteiger partial charge is 0.310 e. The summed E-state index contributed by atoms with van der Waals surface area (Å²) in [6, 6.07) is 0. The average Bonchev–Trinajstić information content (AvgIpc) is 2.60. The molecule has 3 nitrogen and oxygen atoms in total. The van der Waals surface area contributed by atoms with Gasteiger partial charge in [0.1, 0.15) is 5.82 Å². The second-order valence-corrected chi connectivity index (χ2v) is 2.78. The lowest BCUT2D eigenvalue weighted by atomic mass is 10.4. The first-order valence-electron chi connectivity index (χ1n) is 4.37. The fourth-order valence-corrected chi connectivity index (χ4v) is 1.06. The van der Waals surface area contributed by atoms with Crippen LogP contribution in [-0.4, -0.2) is 16.1 Å². The van der Waals surface area contributed by atoms with Crippen molar-refractivity contribution < 1.29 is 8.78 Å². The van der Waals surface area contributed by atoms with E-state index < -0.39 is 6.55 Å². The molecule has 0 saturated carbocycles. The largest absolute Gasteiger partial charge is 0.319 e. The van der Waals surface area contributed by atoms with Crippen LogP contribution in [0.25, 0.3) is 0 Å². The third kappa shape index (κ3) is 2.92. The van der Waals surface area contributed by atoms with Crippen LogP contribution in [0.2, 0.25) is 0 Å². The SMILES string of the molecule is C=CCCNCc1nccn1C(F)F. The molecular weight excluding hydrogens is 188 g/mol. The van der Waals surface area contributed by atoms with Gasteiger partial charge >= 0.3 is 6.55 Å². The molecule has 14 heavy (non-hydrogen) atoms. The van der Waals surface area contributed by atoms with Crippen molar-refractivity contribution in [2.24, 2.45) is 0 Å². The molecule has 0 bridgehead atoms. The third-order valence-corrected chi connectivity index (χ3v) is 1.77. The third-order valence-electron chi connectivity index (χ3n) is 1.77. The Bertz CT molecular complexity index is 283. The molecular formula is C9H13F2N3. The lowest BCUT2D eigenvalue weighted by molar-refractivity contribution is 0.0666. The van der Waals surface area contributed by atoms with E-state index in [-0.39, 0.29) is 0 Å². The summed E-state index contributed by atoms with van der Waals surface area (Å²) in [4.78, 5) is 3.83. The molecule has 5 heteroatoms. The molecule has 0 saturated heterocycles. The van der Waals surface area contributed by atoms with Crippen LogP contribution in [0.4, 0.5) is 8.78 Å². The molecule has 1 rings (SSSR count). The van der Waals surface area contributed by atoms with Crippen molar-refractivity contribution in [3.8, 4) is 0 Å². The molecule has 0 spiro atoms. The first-order chi connectivity index (χ1) is 6.75. The zero-order chi connectivity index (χ0) is 10.4. The Morgan fingerprint density at radius 2 is 2.43 bits per heavy atom. The zero-order valence-corrected chi connectivity index (χ0v) is 7.79. The number of hydrogen-bond acceptors (Lipinski definition) is 2. The lowest BCUT2D eigenvalue weighted by Crippen LogP contribution is -2.18. The van der Waals surface area contributed by atoms with Gasteiger partial charge in [-0.2, -0.15) is 8.78 Å². The highest BCUT2D eigenvalue weighted by molar-refractivity contribution is 4.92. The molecule has 0 fully saturated rings. The molecule has 0 aliphatic heterocycles. The van der Waals surface area contributed by atoms with Crippen LogP contribution < -0.4 is 5.32 Å². The monoisotopic (exact) mass is 201 g/mol. The van der Waals surface area contributed by atoms with E-state index in [0.29, 0.717) is 12.4 Å². The summed E-state index contributed by atoms with van der Waals surface area (Å²) in [5.41, 5.74) is 0. The van der Waals surface area contributed by atoms with E-state index in [1.807, 2.05) is 0 Å². The fourth-order valence-electron chi connectivity index (χ4n) is 1.06. The van der Waals surface area contributed by atoms with Crippen LogP contribution in [-0.2, 0) is 6.54 Å². The minimum atomic E-state index is -2.52. The van der Waals surface area contributed by atoms with Crippen molar-refractivity contribution in [2.45, 2.75) is 19.5 Å². The summed E-state index contributed by atoms with van der Waals surface area (Å²) in [6.07, 6.45) is 5.23. The highest BCUT2D eigenvalue weighted by Gasteiger charge is 2.09. The van der Waals surface area contributed by atoms with Crippen LogP contribution in [0.1, 0.15) is 18.8 Å². The van der Waals surface area contributed by atoms with Gasteiger partial charge in [-0.1, -0.05) is 6.08 Å². The molecule has 0 radical (unpaired) electrons. The zero-order valence-electron chi connectivity index (χ0n) is 7.79. The van der Waals surface area contributed by atoms with E-state index in [0.717, 1.165) is 17.5 Å². The van der Waals surface area contributed by atoms with Gasteiger partial charge in [-0.3, -0.25) is 4.57 Å². The molecule has 0 aliphatic rings. The second kappa shape index (κ2) is 5.49. The average molecular weight is 201 g/mol. The Hall–Kier alpha value is -1.23. The number of nitrogens with zero attached hydrogens (tertiary/aromatic N) is 2. The number of alkyl halides is 2. The first-order valence-corrected chi connectivity index (χ1v) is 4.37. The second-order valence-electron chi connectivity index (χ2n) is 2.78. The Kier molecular flexibility index (Phi) is 4.25. The van der Waals surface area contributed by atoms with Gasteiger partial charge in [-0.05, 0) is 13.0 Å². The van der Waals surface area contributed by atoms with Crippen molar-refractivity contribution in [1.82, 2.24) is 14.9 Å². The molecule has 0 aliphatic carbocycles. The summed E-state index contributed by atoms with van der Waals surface area (Å²) in [7, 11) is 0. The van der Waals surface area contributed by atoms with Crippen molar-refractivity contribution in [3.05, 3.63) is 30.9 Å². The fraction of sp³-hybridized carbons (Fsp3) is 0.444. The molecule has 1 aromatic rings. The van der Waals surface area contributed by atoms with Gasteiger partial charge in [0.15, 0.2) is 0 Å². The maximum Gasteiger partial charge on any atom is 0.319 e. The Morgan fingerprint density at radius 1 is 1.64 bits per heavy atom. The van der Waals surface area contributed by atoms with E-state index in [1.165, 1.54) is 12.4 Å². The maximum atomic E-state index is 12.3. The van der Waals surface area contributed by atoms with Crippen LogP contribution >= 0.6 is 0 Å². The predicted octanol–water partition coefficient (Wildman–Crippen LogP) is 1.94. The first kappa shape index (κ1) is 10.8. The van der Waals surface area contributed by atoms with Gasteiger partial charge in [-0.25, -0.2) is 4.98 Å². The summed E-state index contributed by atoms with van der Waals surface area (Å²) >= 11 is 0. The van der Waals surface area contributed by atoms with Crippen LogP contribution in [0.3, 0.4) is 0 Å². The van der Waals surface area contributed by atoms with Gasteiger partial charge in [0.05, 0.1) is 6.54 Å². The summed E-state index contributed by atoms with van der Waals surface area (Å²) in [5.74, 6) is 0.351. The minimum Gasteiger partial charge on any atom is -0.310 e. The number of nitrogens with one attached hydrogen (secondary N) is 1. The normalized spacial score (nSPS) is 10.8. The van der Waals surface area contributed by atoms with Crippen LogP contribution in [0.15, 0.2) is 25.0 Å². The molecule has 0 amide bonds. The number of rotatable bonds is 6. The van der Waals surface area contributed by atoms with Crippen molar-refractivity contribution in [3.63, 3.8) is 0 Å². The number of imidazole rings is 1. The van der Waals surface area contributed by atoms with Gasteiger partial charge in [0.2, 0.25) is 0 Å². The van der Waals surface area contributed by atoms with Gasteiger partial charge in [-0.15, -0.1) is 6.58 Å². The summed E-state index contributed by atoms with van der Waals surface area (Å²) < 4.78 is 25.5. The topological polar surface area (TPSA) is 29.9 Å². The lowest BCUT2D eigenvalue weighted by Gasteiger charge is -2.06. The van der Waals surface area contributed by atoms with E-state index in [9.17, 15) is 8.78 Å². The summed E-state index contributed by atoms with van der Waals surface area (Å²) in [6.45, 7) is 2.11. The summed E-state index contributed by atoms with van der Waals surface area (Å²) in [5, 5.41) is 3.00. The number of halogens is 2. The maximum absolute atomic E-state index is 12.3. The molecule has 1 N–H and O–H groups in total. The molecule has 78 valence electrons. The van der Waals surface area contributed by atoms with Crippen LogP contribution in [0.5, 0.6) is 0 Å². The van der Waals surface area contributed by atoms with E-state index in [4.69, 9.17) is 0 Å².